The molecular formula is C15H16N2O4. The lowest BCUT2D eigenvalue weighted by atomic mass is 10.3. The first kappa shape index (κ1) is 14.6. The minimum atomic E-state index is -0.512. The minimum Gasteiger partial charge on any atom is -0.480 e. The predicted octanol–water partition coefficient (Wildman–Crippen LogP) is 1.05. The van der Waals surface area contributed by atoms with Crippen molar-refractivity contribution >= 4 is 11.7 Å². The lowest BCUT2D eigenvalue weighted by molar-refractivity contribution is -0.146. The van der Waals surface area contributed by atoms with Gasteiger partial charge < -0.3 is 19.8 Å². The lowest BCUT2D eigenvalue weighted by Gasteiger charge is -2.09. The van der Waals surface area contributed by atoms with Gasteiger partial charge in [0, 0.05) is 12.3 Å². The highest BCUT2D eigenvalue weighted by atomic mass is 16.6. The predicted molar refractivity (Wildman–Crippen MR) is 78.0 cm³/mol. The van der Waals surface area contributed by atoms with Gasteiger partial charge in [-0.25, -0.2) is 4.79 Å². The first-order chi connectivity index (χ1) is 10.2. The van der Waals surface area contributed by atoms with Crippen LogP contribution in [-0.2, 0) is 16.1 Å². The molecule has 0 saturated heterocycles. The third kappa shape index (κ3) is 4.38. The molecule has 0 amide bonds. The Kier molecular flexibility index (Phi) is 4.98. The number of hydrogen-bond donors (Lipinski definition) is 1. The maximum Gasteiger partial charge on any atom is 0.344 e. The Hall–Kier alpha value is -2.76. The molecule has 2 rings (SSSR count). The summed E-state index contributed by atoms with van der Waals surface area (Å²) in [4.78, 5) is 23.0. The number of nitrogens with two attached hydrogens (primary N) is 1. The fraction of sp³-hybridized carbons (Fsp3) is 0.200. The highest BCUT2D eigenvalue weighted by molar-refractivity contribution is 5.71. The van der Waals surface area contributed by atoms with E-state index in [0.717, 1.165) is 0 Å². The highest BCUT2D eigenvalue weighted by Crippen LogP contribution is 2.19. The summed E-state index contributed by atoms with van der Waals surface area (Å²) in [6.45, 7) is 0.188. The van der Waals surface area contributed by atoms with E-state index in [-0.39, 0.29) is 18.8 Å². The van der Waals surface area contributed by atoms with Crippen molar-refractivity contribution in [3.8, 4) is 5.75 Å². The molecule has 0 saturated carbocycles. The van der Waals surface area contributed by atoms with Crippen LogP contribution in [0.1, 0.15) is 0 Å². The average Bonchev–Trinajstić information content (AvgIpc) is 2.48. The summed E-state index contributed by atoms with van der Waals surface area (Å²) in [5, 5.41) is 0. The third-order valence-corrected chi connectivity index (χ3v) is 2.76. The number of aromatic nitrogens is 1. The number of carbonyl (C=O) groups excluding carboxylic acids is 1. The Bertz CT molecular complexity index is 666. The molecule has 0 bridgehead atoms. The number of esters is 1. The molecule has 1 heterocycles. The molecule has 0 aliphatic carbocycles. The van der Waals surface area contributed by atoms with E-state index >= 15 is 0 Å². The van der Waals surface area contributed by atoms with Crippen LogP contribution in [0.4, 0.5) is 5.69 Å². The molecule has 1 aromatic carbocycles. The van der Waals surface area contributed by atoms with Gasteiger partial charge in [-0.05, 0) is 18.2 Å². The molecule has 6 nitrogen and oxygen atoms in total. The van der Waals surface area contributed by atoms with E-state index in [2.05, 4.69) is 0 Å². The highest BCUT2D eigenvalue weighted by Gasteiger charge is 2.06. The lowest BCUT2D eigenvalue weighted by Crippen LogP contribution is -2.23. The summed E-state index contributed by atoms with van der Waals surface area (Å²) in [6, 6.07) is 11.7. The zero-order valence-electron chi connectivity index (χ0n) is 11.4. The second-order valence-corrected chi connectivity index (χ2v) is 4.28. The maximum absolute atomic E-state index is 11.5. The van der Waals surface area contributed by atoms with Crippen molar-refractivity contribution in [2.45, 2.75) is 6.54 Å². The van der Waals surface area contributed by atoms with Gasteiger partial charge in [0.2, 0.25) is 0 Å². The Morgan fingerprint density at radius 3 is 2.67 bits per heavy atom. The van der Waals surface area contributed by atoms with Gasteiger partial charge >= 0.3 is 5.97 Å². The number of carbonyl (C=O) groups is 1. The summed E-state index contributed by atoms with van der Waals surface area (Å²) < 4.78 is 11.7. The number of ether oxygens (including phenoxy) is 2. The molecule has 2 aromatic rings. The van der Waals surface area contributed by atoms with E-state index in [1.807, 2.05) is 0 Å². The normalized spacial score (nSPS) is 10.1. The minimum absolute atomic E-state index is 0.108. The van der Waals surface area contributed by atoms with Crippen LogP contribution in [0.3, 0.4) is 0 Å². The van der Waals surface area contributed by atoms with Crippen molar-refractivity contribution in [3.05, 3.63) is 59.0 Å². The summed E-state index contributed by atoms with van der Waals surface area (Å²) in [5.74, 6) is -0.0732. The molecule has 21 heavy (non-hydrogen) atoms. The molecule has 0 aliphatic rings. The number of nitrogens with zero attached hydrogens (tertiary/aromatic N) is 1. The number of pyridine rings is 1. The smallest absolute Gasteiger partial charge is 0.344 e. The maximum atomic E-state index is 11.5. The van der Waals surface area contributed by atoms with Crippen molar-refractivity contribution < 1.29 is 14.3 Å². The molecule has 1 aromatic heterocycles. The number of para-hydroxylation sites is 2. The molecule has 0 aliphatic heterocycles. The van der Waals surface area contributed by atoms with Crippen molar-refractivity contribution in [2.75, 3.05) is 18.9 Å². The molecule has 2 N–H and O–H groups in total. The van der Waals surface area contributed by atoms with Crippen LogP contribution in [0.5, 0.6) is 5.75 Å². The SMILES string of the molecule is Nc1ccccc1OCC(=O)OCCn1ccccc1=O. The van der Waals surface area contributed by atoms with Gasteiger partial charge in [-0.1, -0.05) is 18.2 Å². The van der Waals surface area contributed by atoms with Crippen LogP contribution >= 0.6 is 0 Å². The summed E-state index contributed by atoms with van der Waals surface area (Å²) >= 11 is 0. The van der Waals surface area contributed by atoms with Crippen molar-refractivity contribution in [1.82, 2.24) is 4.57 Å². The largest absolute Gasteiger partial charge is 0.480 e. The molecule has 0 atom stereocenters. The van der Waals surface area contributed by atoms with Gasteiger partial charge in [0.1, 0.15) is 12.4 Å². The Morgan fingerprint density at radius 2 is 1.90 bits per heavy atom. The zero-order valence-corrected chi connectivity index (χ0v) is 11.4. The topological polar surface area (TPSA) is 83.5 Å². The fourth-order valence-corrected chi connectivity index (χ4v) is 1.69. The van der Waals surface area contributed by atoms with E-state index in [1.54, 1.807) is 42.6 Å². The molecular weight excluding hydrogens is 272 g/mol. The summed E-state index contributed by atoms with van der Waals surface area (Å²) in [5.41, 5.74) is 6.01. The Labute approximate surface area is 121 Å². The van der Waals surface area contributed by atoms with Gasteiger partial charge in [0.05, 0.1) is 12.2 Å². The van der Waals surface area contributed by atoms with Gasteiger partial charge in [-0.3, -0.25) is 4.79 Å². The first-order valence-electron chi connectivity index (χ1n) is 6.45. The monoisotopic (exact) mass is 288 g/mol. The van der Waals surface area contributed by atoms with Crippen LogP contribution in [0.15, 0.2) is 53.5 Å². The van der Waals surface area contributed by atoms with E-state index in [4.69, 9.17) is 15.2 Å². The van der Waals surface area contributed by atoms with E-state index in [1.165, 1.54) is 10.6 Å². The molecule has 0 spiro atoms. The Balaban J connectivity index is 1.74. The van der Waals surface area contributed by atoms with Gasteiger partial charge in [-0.15, -0.1) is 0 Å². The molecule has 0 unspecified atom stereocenters. The second-order valence-electron chi connectivity index (χ2n) is 4.28. The van der Waals surface area contributed by atoms with E-state index in [9.17, 15) is 9.59 Å². The quantitative estimate of drug-likeness (QED) is 0.634. The van der Waals surface area contributed by atoms with Crippen molar-refractivity contribution in [3.63, 3.8) is 0 Å². The number of anilines is 1. The summed E-state index contributed by atoms with van der Waals surface area (Å²) in [7, 11) is 0. The first-order valence-corrected chi connectivity index (χ1v) is 6.45. The van der Waals surface area contributed by atoms with E-state index in [0.29, 0.717) is 18.0 Å². The van der Waals surface area contributed by atoms with Gasteiger partial charge in [0.25, 0.3) is 5.56 Å². The van der Waals surface area contributed by atoms with Crippen LogP contribution in [-0.4, -0.2) is 23.8 Å². The van der Waals surface area contributed by atoms with Crippen molar-refractivity contribution in [1.29, 1.82) is 0 Å². The number of hydrogen-bond acceptors (Lipinski definition) is 5. The van der Waals surface area contributed by atoms with Crippen LogP contribution in [0, 0.1) is 0 Å². The number of nitrogen functional groups attached to an aromatic ring is 1. The standard InChI is InChI=1S/C15H16N2O4/c16-12-5-1-2-6-13(12)21-11-15(19)20-10-9-17-8-4-3-7-14(17)18/h1-8H,9-11,16H2. The molecule has 6 heteroatoms. The second kappa shape index (κ2) is 7.14. The van der Waals surface area contributed by atoms with Gasteiger partial charge in [0.15, 0.2) is 6.61 Å². The number of rotatable bonds is 6. The van der Waals surface area contributed by atoms with E-state index < -0.39 is 5.97 Å². The fourth-order valence-electron chi connectivity index (χ4n) is 1.69. The molecule has 110 valence electrons. The molecule has 0 radical (unpaired) electrons. The third-order valence-electron chi connectivity index (χ3n) is 2.76. The molecule has 0 fully saturated rings. The summed E-state index contributed by atoms with van der Waals surface area (Å²) in [6.07, 6.45) is 1.64. The zero-order chi connectivity index (χ0) is 15.1. The van der Waals surface area contributed by atoms with Crippen LogP contribution < -0.4 is 16.0 Å². The number of benzene rings is 1. The van der Waals surface area contributed by atoms with Crippen LogP contribution in [0.25, 0.3) is 0 Å². The van der Waals surface area contributed by atoms with Crippen LogP contribution in [0.2, 0.25) is 0 Å². The van der Waals surface area contributed by atoms with Crippen molar-refractivity contribution in [2.24, 2.45) is 0 Å². The Morgan fingerprint density at radius 1 is 1.14 bits per heavy atom. The average molecular weight is 288 g/mol. The van der Waals surface area contributed by atoms with Gasteiger partial charge in [-0.2, -0.15) is 0 Å².